The van der Waals surface area contributed by atoms with E-state index in [9.17, 15) is 9.18 Å². The Bertz CT molecular complexity index is 593. The first-order valence-electron chi connectivity index (χ1n) is 9.70. The Hall–Kier alpha value is -1.54. The molecule has 27 heavy (non-hydrogen) atoms. The smallest absolute Gasteiger partial charge is 0.228 e. The summed E-state index contributed by atoms with van der Waals surface area (Å²) in [5.74, 6) is -0.205. The van der Waals surface area contributed by atoms with E-state index in [1.807, 2.05) is 0 Å². The largest absolute Gasteiger partial charge is 0.384 e. The predicted molar refractivity (Wildman–Crippen MR) is 101 cm³/mol. The molecule has 2 heterocycles. The van der Waals surface area contributed by atoms with E-state index < -0.39 is 5.41 Å². The van der Waals surface area contributed by atoms with Crippen LogP contribution in [-0.2, 0) is 14.3 Å². The third kappa shape index (κ3) is 5.04. The molecule has 3 rings (SSSR count). The maximum Gasteiger partial charge on any atom is 0.228 e. The van der Waals surface area contributed by atoms with Crippen molar-refractivity contribution in [3.05, 3.63) is 35.6 Å². The average molecular weight is 379 g/mol. The van der Waals surface area contributed by atoms with E-state index in [4.69, 9.17) is 9.47 Å². The van der Waals surface area contributed by atoms with Crippen molar-refractivity contribution in [2.24, 2.45) is 5.41 Å². The summed E-state index contributed by atoms with van der Waals surface area (Å²) >= 11 is 0. The maximum absolute atomic E-state index is 13.4. The SMILES string of the molecule is COCC1(C(=O)NCC(c2ccc(F)cc2)N2CCOCC2)CCNCC1. The number of amides is 1. The van der Waals surface area contributed by atoms with Crippen molar-refractivity contribution in [2.45, 2.75) is 18.9 Å². The minimum absolute atomic E-state index is 0.000222. The van der Waals surface area contributed by atoms with E-state index in [-0.39, 0.29) is 17.8 Å². The first-order chi connectivity index (χ1) is 13.1. The van der Waals surface area contributed by atoms with Crippen molar-refractivity contribution in [1.29, 1.82) is 0 Å². The Kier molecular flexibility index (Phi) is 7.18. The highest BCUT2D eigenvalue weighted by molar-refractivity contribution is 5.83. The predicted octanol–water partition coefficient (Wildman–Crippen LogP) is 1.33. The highest BCUT2D eigenvalue weighted by Gasteiger charge is 2.40. The van der Waals surface area contributed by atoms with Crippen LogP contribution >= 0.6 is 0 Å². The number of rotatable bonds is 7. The molecule has 2 aliphatic rings. The molecule has 7 heteroatoms. The Balaban J connectivity index is 1.71. The fourth-order valence-electron chi connectivity index (χ4n) is 4.03. The second-order valence-corrected chi connectivity index (χ2v) is 7.39. The van der Waals surface area contributed by atoms with Gasteiger partial charge in [-0.1, -0.05) is 12.1 Å². The number of hydrogen-bond donors (Lipinski definition) is 2. The normalized spacial score (nSPS) is 21.6. The number of methoxy groups -OCH3 is 1. The van der Waals surface area contributed by atoms with Gasteiger partial charge < -0.3 is 20.1 Å². The molecular formula is C20H30FN3O3. The van der Waals surface area contributed by atoms with Crippen molar-refractivity contribution >= 4 is 5.91 Å². The molecular weight excluding hydrogens is 349 g/mol. The number of carbonyl (C=O) groups excluding carboxylic acids is 1. The van der Waals surface area contributed by atoms with Gasteiger partial charge in [-0.3, -0.25) is 9.69 Å². The number of carbonyl (C=O) groups is 1. The molecule has 2 aliphatic heterocycles. The van der Waals surface area contributed by atoms with Crippen LogP contribution in [0.15, 0.2) is 24.3 Å². The summed E-state index contributed by atoms with van der Waals surface area (Å²) in [6.45, 7) is 5.50. The lowest BCUT2D eigenvalue weighted by atomic mass is 9.78. The zero-order valence-corrected chi connectivity index (χ0v) is 16.0. The van der Waals surface area contributed by atoms with E-state index in [0.29, 0.717) is 26.4 Å². The number of nitrogens with one attached hydrogen (secondary N) is 2. The van der Waals surface area contributed by atoms with Crippen LogP contribution in [0.1, 0.15) is 24.4 Å². The van der Waals surface area contributed by atoms with Gasteiger partial charge in [-0.05, 0) is 43.6 Å². The second kappa shape index (κ2) is 9.59. The van der Waals surface area contributed by atoms with Crippen LogP contribution in [0.25, 0.3) is 0 Å². The highest BCUT2D eigenvalue weighted by atomic mass is 19.1. The highest BCUT2D eigenvalue weighted by Crippen LogP contribution is 2.30. The fourth-order valence-corrected chi connectivity index (χ4v) is 4.03. The summed E-state index contributed by atoms with van der Waals surface area (Å²) in [7, 11) is 1.64. The van der Waals surface area contributed by atoms with Gasteiger partial charge in [0.1, 0.15) is 5.82 Å². The molecule has 150 valence electrons. The molecule has 1 aromatic carbocycles. The summed E-state index contributed by atoms with van der Waals surface area (Å²) in [5.41, 5.74) is 0.531. The van der Waals surface area contributed by atoms with Crippen molar-refractivity contribution in [3.8, 4) is 0 Å². The zero-order chi connectivity index (χ0) is 19.1. The van der Waals surface area contributed by atoms with Crippen molar-refractivity contribution in [1.82, 2.24) is 15.5 Å². The number of morpholine rings is 1. The van der Waals surface area contributed by atoms with Gasteiger partial charge in [0, 0.05) is 26.7 Å². The molecule has 2 saturated heterocycles. The van der Waals surface area contributed by atoms with Gasteiger partial charge in [0.25, 0.3) is 0 Å². The van der Waals surface area contributed by atoms with Crippen molar-refractivity contribution < 1.29 is 18.7 Å². The third-order valence-corrected chi connectivity index (χ3v) is 5.66. The molecule has 0 spiro atoms. The summed E-state index contributed by atoms with van der Waals surface area (Å²) in [6, 6.07) is 6.56. The van der Waals surface area contributed by atoms with Crippen molar-refractivity contribution in [2.75, 3.05) is 59.7 Å². The molecule has 2 fully saturated rings. The lowest BCUT2D eigenvalue weighted by Gasteiger charge is -2.38. The standard InChI is InChI=1S/C20H30FN3O3/c1-26-15-20(6-8-22-9-7-20)19(25)23-14-18(24-10-12-27-13-11-24)16-2-4-17(21)5-3-16/h2-5,18,22H,6-15H2,1H3,(H,23,25). The second-order valence-electron chi connectivity index (χ2n) is 7.39. The summed E-state index contributed by atoms with van der Waals surface area (Å²) in [5, 5.41) is 6.47. The molecule has 2 N–H and O–H groups in total. The number of ether oxygens (including phenoxy) is 2. The first-order valence-corrected chi connectivity index (χ1v) is 9.70. The number of piperidine rings is 1. The van der Waals surface area contributed by atoms with Gasteiger partial charge in [0.15, 0.2) is 0 Å². The van der Waals surface area contributed by atoms with E-state index in [2.05, 4.69) is 15.5 Å². The summed E-state index contributed by atoms with van der Waals surface area (Å²) < 4.78 is 24.2. The van der Waals surface area contributed by atoms with Crippen LogP contribution in [0.2, 0.25) is 0 Å². The molecule has 0 saturated carbocycles. The number of halogens is 1. The lowest BCUT2D eigenvalue weighted by Crippen LogP contribution is -2.52. The summed E-state index contributed by atoms with van der Waals surface area (Å²) in [4.78, 5) is 15.4. The van der Waals surface area contributed by atoms with Gasteiger partial charge in [-0.15, -0.1) is 0 Å². The number of benzene rings is 1. The van der Waals surface area contributed by atoms with Crippen LogP contribution in [-0.4, -0.2) is 70.5 Å². The zero-order valence-electron chi connectivity index (χ0n) is 16.0. The molecule has 1 unspecified atom stereocenters. The van der Waals surface area contributed by atoms with Gasteiger partial charge >= 0.3 is 0 Å². The van der Waals surface area contributed by atoms with E-state index in [0.717, 1.165) is 44.6 Å². The van der Waals surface area contributed by atoms with E-state index in [1.165, 1.54) is 12.1 Å². The van der Waals surface area contributed by atoms with Crippen LogP contribution in [0.3, 0.4) is 0 Å². The van der Waals surface area contributed by atoms with E-state index in [1.54, 1.807) is 19.2 Å². The van der Waals surface area contributed by atoms with Crippen LogP contribution in [0, 0.1) is 11.2 Å². The van der Waals surface area contributed by atoms with E-state index >= 15 is 0 Å². The van der Waals surface area contributed by atoms with Gasteiger partial charge in [0.05, 0.1) is 31.3 Å². The Morgan fingerprint density at radius 3 is 2.59 bits per heavy atom. The Labute approximate surface area is 160 Å². The van der Waals surface area contributed by atoms with Crippen LogP contribution in [0.5, 0.6) is 0 Å². The van der Waals surface area contributed by atoms with Gasteiger partial charge in [0.2, 0.25) is 5.91 Å². The number of hydrogen-bond acceptors (Lipinski definition) is 5. The molecule has 1 amide bonds. The van der Waals surface area contributed by atoms with Crippen LogP contribution < -0.4 is 10.6 Å². The van der Waals surface area contributed by atoms with Crippen molar-refractivity contribution in [3.63, 3.8) is 0 Å². The molecule has 1 aromatic rings. The maximum atomic E-state index is 13.4. The van der Waals surface area contributed by atoms with Gasteiger partial charge in [-0.25, -0.2) is 4.39 Å². The molecule has 1 atom stereocenters. The molecule has 0 bridgehead atoms. The molecule has 0 aromatic heterocycles. The quantitative estimate of drug-likeness (QED) is 0.749. The summed E-state index contributed by atoms with van der Waals surface area (Å²) in [6.07, 6.45) is 1.54. The fraction of sp³-hybridized carbons (Fsp3) is 0.650. The van der Waals surface area contributed by atoms with Crippen LogP contribution in [0.4, 0.5) is 4.39 Å². The molecule has 0 aliphatic carbocycles. The minimum atomic E-state index is -0.474. The topological polar surface area (TPSA) is 62.8 Å². The van der Waals surface area contributed by atoms with Gasteiger partial charge in [-0.2, -0.15) is 0 Å². The Morgan fingerprint density at radius 1 is 1.30 bits per heavy atom. The third-order valence-electron chi connectivity index (χ3n) is 5.66. The Morgan fingerprint density at radius 2 is 1.96 bits per heavy atom. The lowest BCUT2D eigenvalue weighted by molar-refractivity contribution is -0.136. The monoisotopic (exact) mass is 379 g/mol. The minimum Gasteiger partial charge on any atom is -0.384 e. The number of nitrogens with zero attached hydrogens (tertiary/aromatic N) is 1. The molecule has 0 radical (unpaired) electrons. The molecule has 6 nitrogen and oxygen atoms in total. The first kappa shape index (κ1) is 20.2. The average Bonchev–Trinajstić information content (AvgIpc) is 2.71.